The summed E-state index contributed by atoms with van der Waals surface area (Å²) in [5.74, 6) is -1.02. The van der Waals surface area contributed by atoms with Gasteiger partial charge >= 0.3 is 5.97 Å². The Labute approximate surface area is 194 Å². The second-order valence-corrected chi connectivity index (χ2v) is 11.0. The molecule has 2 aliphatic rings. The molecule has 8 nitrogen and oxygen atoms in total. The standard InChI is InChI=1S/C22H31ClN2O6S/c1-14-6-5-7-15(2)25(14)21(26)13-30-22(27)18-8-9-19(23)20(10-18)32(28,29)24-11-16(3)31-17(4)12-24/h8-10,14-17H,5-7,11-13H2,1-4H3/t14-,15+,16-,17+. The van der Waals surface area contributed by atoms with E-state index in [1.165, 1.54) is 22.5 Å². The molecule has 0 unspecified atom stereocenters. The van der Waals surface area contributed by atoms with Crippen LogP contribution < -0.4 is 0 Å². The summed E-state index contributed by atoms with van der Waals surface area (Å²) in [4.78, 5) is 26.8. The maximum absolute atomic E-state index is 13.2. The van der Waals surface area contributed by atoms with Gasteiger partial charge in [-0.2, -0.15) is 4.31 Å². The number of benzene rings is 1. The molecule has 4 atom stereocenters. The van der Waals surface area contributed by atoms with Crippen molar-refractivity contribution in [2.45, 2.75) is 76.1 Å². The average molecular weight is 487 g/mol. The van der Waals surface area contributed by atoms with Crippen molar-refractivity contribution in [3.8, 4) is 0 Å². The van der Waals surface area contributed by atoms with Gasteiger partial charge in [-0.05, 0) is 65.2 Å². The Morgan fingerprint density at radius 1 is 1.09 bits per heavy atom. The van der Waals surface area contributed by atoms with Crippen molar-refractivity contribution in [2.24, 2.45) is 0 Å². The summed E-state index contributed by atoms with van der Waals surface area (Å²) in [6.07, 6.45) is 2.38. The summed E-state index contributed by atoms with van der Waals surface area (Å²) in [6, 6.07) is 4.15. The fourth-order valence-electron chi connectivity index (χ4n) is 4.49. The van der Waals surface area contributed by atoms with E-state index in [1.54, 1.807) is 18.7 Å². The predicted molar refractivity (Wildman–Crippen MR) is 120 cm³/mol. The quantitative estimate of drug-likeness (QED) is 0.594. The van der Waals surface area contributed by atoms with Crippen LogP contribution in [0.15, 0.2) is 23.1 Å². The Morgan fingerprint density at radius 2 is 1.69 bits per heavy atom. The monoisotopic (exact) mass is 486 g/mol. The molecule has 2 aliphatic heterocycles. The molecule has 32 heavy (non-hydrogen) atoms. The number of piperidine rings is 1. The number of hydrogen-bond acceptors (Lipinski definition) is 6. The summed E-state index contributed by atoms with van der Waals surface area (Å²) in [6.45, 7) is 7.56. The van der Waals surface area contributed by atoms with E-state index in [-0.39, 0.29) is 58.8 Å². The minimum absolute atomic E-state index is 0.0143. The molecule has 2 saturated heterocycles. The lowest BCUT2D eigenvalue weighted by atomic mass is 9.97. The van der Waals surface area contributed by atoms with E-state index in [9.17, 15) is 18.0 Å². The van der Waals surface area contributed by atoms with Crippen LogP contribution in [0.5, 0.6) is 0 Å². The van der Waals surface area contributed by atoms with Crippen molar-refractivity contribution in [1.82, 2.24) is 9.21 Å². The predicted octanol–water partition coefficient (Wildman–Crippen LogP) is 3.08. The summed E-state index contributed by atoms with van der Waals surface area (Å²) >= 11 is 6.19. The van der Waals surface area contributed by atoms with Crippen LogP contribution in [-0.2, 0) is 24.3 Å². The van der Waals surface area contributed by atoms with Crippen LogP contribution >= 0.6 is 11.6 Å². The Hall–Kier alpha value is -1.68. The van der Waals surface area contributed by atoms with E-state index in [1.807, 2.05) is 13.8 Å². The van der Waals surface area contributed by atoms with Gasteiger partial charge in [-0.25, -0.2) is 13.2 Å². The smallest absolute Gasteiger partial charge is 0.338 e. The highest BCUT2D eigenvalue weighted by Gasteiger charge is 2.34. The van der Waals surface area contributed by atoms with Crippen molar-refractivity contribution >= 4 is 33.5 Å². The first-order valence-corrected chi connectivity index (χ1v) is 12.8. The van der Waals surface area contributed by atoms with Crippen LogP contribution in [-0.4, -0.2) is 73.5 Å². The molecule has 0 aromatic heterocycles. The summed E-state index contributed by atoms with van der Waals surface area (Å²) in [5, 5.41) is 0.0143. The fourth-order valence-corrected chi connectivity index (χ4v) is 6.58. The van der Waals surface area contributed by atoms with Crippen molar-refractivity contribution in [1.29, 1.82) is 0 Å². The lowest BCUT2D eigenvalue weighted by Gasteiger charge is -2.38. The molecule has 0 bridgehead atoms. The number of carbonyl (C=O) groups excluding carboxylic acids is 2. The number of likely N-dealkylation sites (tertiary alicyclic amines) is 1. The normalized spacial score (nSPS) is 27.2. The highest BCUT2D eigenvalue weighted by atomic mass is 35.5. The van der Waals surface area contributed by atoms with E-state index < -0.39 is 22.6 Å². The van der Waals surface area contributed by atoms with Crippen molar-refractivity contribution in [2.75, 3.05) is 19.7 Å². The summed E-state index contributed by atoms with van der Waals surface area (Å²) < 4.78 is 38.5. The number of hydrogen-bond donors (Lipinski definition) is 0. The molecule has 1 amide bonds. The molecule has 3 rings (SSSR count). The van der Waals surface area contributed by atoms with Gasteiger partial charge in [-0.3, -0.25) is 4.79 Å². The molecule has 0 spiro atoms. The second kappa shape index (κ2) is 10.1. The topological polar surface area (TPSA) is 93.2 Å². The summed E-state index contributed by atoms with van der Waals surface area (Å²) in [5.41, 5.74) is 0.0230. The molecule has 2 fully saturated rings. The fraction of sp³-hybridized carbons (Fsp3) is 0.636. The van der Waals surface area contributed by atoms with Crippen molar-refractivity contribution in [3.05, 3.63) is 28.8 Å². The van der Waals surface area contributed by atoms with Gasteiger partial charge in [-0.1, -0.05) is 11.6 Å². The Balaban J connectivity index is 1.73. The van der Waals surface area contributed by atoms with Crippen LogP contribution in [0, 0.1) is 0 Å². The van der Waals surface area contributed by atoms with Gasteiger partial charge in [0.2, 0.25) is 10.0 Å². The van der Waals surface area contributed by atoms with Gasteiger partial charge in [-0.15, -0.1) is 0 Å². The second-order valence-electron chi connectivity index (χ2n) is 8.73. The van der Waals surface area contributed by atoms with Gasteiger partial charge in [0.1, 0.15) is 4.90 Å². The van der Waals surface area contributed by atoms with Gasteiger partial charge < -0.3 is 14.4 Å². The van der Waals surface area contributed by atoms with Crippen LogP contribution in [0.25, 0.3) is 0 Å². The number of esters is 1. The van der Waals surface area contributed by atoms with Gasteiger partial charge in [0.25, 0.3) is 5.91 Å². The first kappa shape index (κ1) is 25.0. The molecule has 178 valence electrons. The van der Waals surface area contributed by atoms with E-state index in [0.717, 1.165) is 19.3 Å². The number of nitrogens with zero attached hydrogens (tertiary/aromatic N) is 2. The lowest BCUT2D eigenvalue weighted by Crippen LogP contribution is -2.49. The molecule has 2 heterocycles. The number of sulfonamides is 1. The van der Waals surface area contributed by atoms with Gasteiger partial charge in [0, 0.05) is 25.2 Å². The molecule has 10 heteroatoms. The molecule has 0 radical (unpaired) electrons. The number of ether oxygens (including phenoxy) is 2. The zero-order valence-electron chi connectivity index (χ0n) is 18.9. The maximum Gasteiger partial charge on any atom is 0.338 e. The lowest BCUT2D eigenvalue weighted by molar-refractivity contribution is -0.140. The van der Waals surface area contributed by atoms with Gasteiger partial charge in [0.05, 0.1) is 22.8 Å². The van der Waals surface area contributed by atoms with E-state index >= 15 is 0 Å². The molecule has 1 aromatic carbocycles. The largest absolute Gasteiger partial charge is 0.452 e. The number of halogens is 1. The Morgan fingerprint density at radius 3 is 2.28 bits per heavy atom. The average Bonchev–Trinajstić information content (AvgIpc) is 2.71. The highest BCUT2D eigenvalue weighted by molar-refractivity contribution is 7.89. The minimum Gasteiger partial charge on any atom is -0.452 e. The highest BCUT2D eigenvalue weighted by Crippen LogP contribution is 2.28. The third-order valence-corrected chi connectivity index (χ3v) is 8.29. The SMILES string of the molecule is C[C@@H]1CN(S(=O)(=O)c2cc(C(=O)OCC(=O)N3[C@H](C)CCC[C@@H]3C)ccc2Cl)C[C@H](C)O1. The maximum atomic E-state index is 13.2. The summed E-state index contributed by atoms with van der Waals surface area (Å²) in [7, 11) is -3.94. The third kappa shape index (κ3) is 5.44. The van der Waals surface area contributed by atoms with E-state index in [2.05, 4.69) is 0 Å². The van der Waals surface area contributed by atoms with Crippen molar-refractivity contribution in [3.63, 3.8) is 0 Å². The van der Waals surface area contributed by atoms with Crippen LogP contribution in [0.2, 0.25) is 5.02 Å². The zero-order chi connectivity index (χ0) is 23.6. The Bertz CT molecular complexity index is 949. The molecule has 0 saturated carbocycles. The number of morpholine rings is 1. The number of carbonyl (C=O) groups is 2. The van der Waals surface area contributed by atoms with E-state index in [4.69, 9.17) is 21.1 Å². The minimum atomic E-state index is -3.94. The molecular formula is C22H31ClN2O6S. The first-order chi connectivity index (χ1) is 15.0. The van der Waals surface area contributed by atoms with Crippen LogP contribution in [0.1, 0.15) is 57.3 Å². The number of amides is 1. The Kier molecular flexibility index (Phi) is 7.85. The first-order valence-electron chi connectivity index (χ1n) is 10.9. The van der Waals surface area contributed by atoms with E-state index in [0.29, 0.717) is 0 Å². The number of rotatable bonds is 5. The third-order valence-electron chi connectivity index (χ3n) is 5.98. The zero-order valence-corrected chi connectivity index (χ0v) is 20.5. The van der Waals surface area contributed by atoms with Crippen LogP contribution in [0.4, 0.5) is 0 Å². The molecule has 1 aromatic rings. The molecular weight excluding hydrogens is 456 g/mol. The van der Waals surface area contributed by atoms with Crippen LogP contribution in [0.3, 0.4) is 0 Å². The van der Waals surface area contributed by atoms with Gasteiger partial charge in [0.15, 0.2) is 6.61 Å². The van der Waals surface area contributed by atoms with Crippen molar-refractivity contribution < 1.29 is 27.5 Å². The molecule has 0 N–H and O–H groups in total. The molecule has 0 aliphatic carbocycles.